The number of carbonyl (C=O) groups is 1. The van der Waals surface area contributed by atoms with Crippen LogP contribution in [0.1, 0.15) is 25.8 Å². The number of amides is 1. The standard InChI is InChI=1S/C14H23N3O/c1-5-9-17(4)11(3)14(18)16-13-8-6-7-12(15)10(13)2/h6-8,11H,5,9,15H2,1-4H3,(H,16,18). The van der Waals surface area contributed by atoms with Crippen molar-refractivity contribution in [2.45, 2.75) is 33.2 Å². The van der Waals surface area contributed by atoms with Gasteiger partial charge in [0, 0.05) is 11.4 Å². The van der Waals surface area contributed by atoms with Crippen molar-refractivity contribution in [1.29, 1.82) is 0 Å². The molecule has 0 spiro atoms. The second-order valence-corrected chi connectivity index (χ2v) is 4.67. The van der Waals surface area contributed by atoms with Gasteiger partial charge in [0.05, 0.1) is 6.04 Å². The van der Waals surface area contributed by atoms with E-state index in [2.05, 4.69) is 12.2 Å². The van der Waals surface area contributed by atoms with E-state index in [0.29, 0.717) is 5.69 Å². The van der Waals surface area contributed by atoms with Crippen LogP contribution in [0.5, 0.6) is 0 Å². The van der Waals surface area contributed by atoms with Crippen LogP contribution in [0.3, 0.4) is 0 Å². The number of hydrogen-bond donors (Lipinski definition) is 2. The first-order valence-electron chi connectivity index (χ1n) is 6.33. The number of nitrogens with two attached hydrogens (primary N) is 1. The van der Waals surface area contributed by atoms with Crippen LogP contribution in [0.25, 0.3) is 0 Å². The molecule has 4 heteroatoms. The Hall–Kier alpha value is -1.55. The van der Waals surface area contributed by atoms with Crippen molar-refractivity contribution in [3.05, 3.63) is 23.8 Å². The molecule has 0 aromatic heterocycles. The Balaban J connectivity index is 2.72. The fraction of sp³-hybridized carbons (Fsp3) is 0.500. The Morgan fingerprint density at radius 3 is 2.78 bits per heavy atom. The molecule has 1 aromatic carbocycles. The molecule has 1 aromatic rings. The van der Waals surface area contributed by atoms with Gasteiger partial charge in [-0.2, -0.15) is 0 Å². The molecule has 0 aliphatic carbocycles. The molecular formula is C14H23N3O. The van der Waals surface area contributed by atoms with Crippen LogP contribution in [-0.4, -0.2) is 30.4 Å². The van der Waals surface area contributed by atoms with E-state index in [1.165, 1.54) is 0 Å². The summed E-state index contributed by atoms with van der Waals surface area (Å²) in [6.45, 7) is 6.83. The maximum atomic E-state index is 12.1. The van der Waals surface area contributed by atoms with Gasteiger partial charge in [-0.15, -0.1) is 0 Å². The average molecular weight is 249 g/mol. The van der Waals surface area contributed by atoms with E-state index in [-0.39, 0.29) is 11.9 Å². The normalized spacial score (nSPS) is 12.5. The predicted octanol–water partition coefficient (Wildman–Crippen LogP) is 2.25. The van der Waals surface area contributed by atoms with Crippen molar-refractivity contribution in [3.63, 3.8) is 0 Å². The van der Waals surface area contributed by atoms with Crippen molar-refractivity contribution in [3.8, 4) is 0 Å². The minimum absolute atomic E-state index is 0.000324. The molecule has 1 amide bonds. The number of benzene rings is 1. The highest BCUT2D eigenvalue weighted by Gasteiger charge is 2.18. The highest BCUT2D eigenvalue weighted by Crippen LogP contribution is 2.20. The molecule has 3 N–H and O–H groups in total. The number of nitrogens with zero attached hydrogens (tertiary/aromatic N) is 1. The zero-order valence-corrected chi connectivity index (χ0v) is 11.7. The molecule has 0 fully saturated rings. The summed E-state index contributed by atoms with van der Waals surface area (Å²) in [7, 11) is 1.96. The highest BCUT2D eigenvalue weighted by molar-refractivity contribution is 5.95. The Morgan fingerprint density at radius 1 is 1.50 bits per heavy atom. The minimum atomic E-state index is -0.147. The van der Waals surface area contributed by atoms with E-state index >= 15 is 0 Å². The fourth-order valence-electron chi connectivity index (χ4n) is 1.77. The van der Waals surface area contributed by atoms with Crippen molar-refractivity contribution < 1.29 is 4.79 Å². The second kappa shape index (κ2) is 6.40. The molecule has 0 aliphatic rings. The van der Waals surface area contributed by atoms with Gasteiger partial charge in [0.1, 0.15) is 0 Å². The third-order valence-electron chi connectivity index (χ3n) is 3.25. The van der Waals surface area contributed by atoms with Crippen LogP contribution in [0.15, 0.2) is 18.2 Å². The lowest BCUT2D eigenvalue weighted by atomic mass is 10.1. The van der Waals surface area contributed by atoms with Crippen molar-refractivity contribution in [2.24, 2.45) is 0 Å². The summed E-state index contributed by atoms with van der Waals surface area (Å²) in [4.78, 5) is 14.1. The SMILES string of the molecule is CCCN(C)C(C)C(=O)Nc1cccc(N)c1C. The number of likely N-dealkylation sites (N-methyl/N-ethyl adjacent to an activating group) is 1. The Morgan fingerprint density at radius 2 is 2.17 bits per heavy atom. The molecule has 0 saturated heterocycles. The maximum Gasteiger partial charge on any atom is 0.241 e. The third kappa shape index (κ3) is 3.47. The molecule has 0 radical (unpaired) electrons. The van der Waals surface area contributed by atoms with Gasteiger partial charge in [-0.3, -0.25) is 9.69 Å². The number of nitrogen functional groups attached to an aromatic ring is 1. The lowest BCUT2D eigenvalue weighted by Crippen LogP contribution is -2.40. The van der Waals surface area contributed by atoms with Crippen LogP contribution in [-0.2, 0) is 4.79 Å². The molecule has 1 unspecified atom stereocenters. The molecule has 0 bridgehead atoms. The Labute approximate surface area is 109 Å². The van der Waals surface area contributed by atoms with Crippen LogP contribution < -0.4 is 11.1 Å². The fourth-order valence-corrected chi connectivity index (χ4v) is 1.77. The van der Waals surface area contributed by atoms with Crippen molar-refractivity contribution >= 4 is 17.3 Å². The summed E-state index contributed by atoms with van der Waals surface area (Å²) in [5.74, 6) is -0.000324. The molecule has 18 heavy (non-hydrogen) atoms. The van der Waals surface area contributed by atoms with Gasteiger partial charge in [0.2, 0.25) is 5.91 Å². The lowest BCUT2D eigenvalue weighted by molar-refractivity contribution is -0.120. The summed E-state index contributed by atoms with van der Waals surface area (Å²) in [5, 5.41) is 2.93. The minimum Gasteiger partial charge on any atom is -0.398 e. The largest absolute Gasteiger partial charge is 0.398 e. The Bertz CT molecular complexity index is 418. The predicted molar refractivity (Wildman–Crippen MR) is 76.6 cm³/mol. The van der Waals surface area contributed by atoms with E-state index in [4.69, 9.17) is 5.73 Å². The summed E-state index contributed by atoms with van der Waals surface area (Å²) in [6, 6.07) is 5.40. The molecule has 1 atom stereocenters. The van der Waals surface area contributed by atoms with Crippen molar-refractivity contribution in [1.82, 2.24) is 4.90 Å². The molecule has 1 rings (SSSR count). The number of rotatable bonds is 5. The first kappa shape index (κ1) is 14.5. The van der Waals surface area contributed by atoms with Gasteiger partial charge in [0.15, 0.2) is 0 Å². The number of anilines is 2. The topological polar surface area (TPSA) is 58.4 Å². The van der Waals surface area contributed by atoms with E-state index in [1.54, 1.807) is 0 Å². The lowest BCUT2D eigenvalue weighted by Gasteiger charge is -2.23. The monoisotopic (exact) mass is 249 g/mol. The first-order valence-corrected chi connectivity index (χ1v) is 6.33. The summed E-state index contributed by atoms with van der Waals surface area (Å²) >= 11 is 0. The van der Waals surface area contributed by atoms with Crippen LogP contribution in [0, 0.1) is 6.92 Å². The van der Waals surface area contributed by atoms with Crippen LogP contribution >= 0.6 is 0 Å². The number of carbonyl (C=O) groups excluding carboxylic acids is 1. The Kier molecular flexibility index (Phi) is 5.16. The van der Waals surface area contributed by atoms with Gasteiger partial charge in [0.25, 0.3) is 0 Å². The number of hydrogen-bond acceptors (Lipinski definition) is 3. The van der Waals surface area contributed by atoms with Gasteiger partial charge >= 0.3 is 0 Å². The smallest absolute Gasteiger partial charge is 0.241 e. The van der Waals surface area contributed by atoms with E-state index in [9.17, 15) is 4.79 Å². The van der Waals surface area contributed by atoms with Gasteiger partial charge < -0.3 is 11.1 Å². The summed E-state index contributed by atoms with van der Waals surface area (Å²) < 4.78 is 0. The van der Waals surface area contributed by atoms with Crippen LogP contribution in [0.4, 0.5) is 11.4 Å². The van der Waals surface area contributed by atoms with Gasteiger partial charge in [-0.05, 0) is 51.6 Å². The van der Waals surface area contributed by atoms with Crippen molar-refractivity contribution in [2.75, 3.05) is 24.6 Å². The molecular weight excluding hydrogens is 226 g/mol. The molecule has 0 saturated carbocycles. The average Bonchev–Trinajstić information content (AvgIpc) is 2.34. The zero-order chi connectivity index (χ0) is 13.7. The summed E-state index contributed by atoms with van der Waals surface area (Å²) in [6.07, 6.45) is 1.03. The van der Waals surface area contributed by atoms with Crippen LogP contribution in [0.2, 0.25) is 0 Å². The second-order valence-electron chi connectivity index (χ2n) is 4.67. The molecule has 0 aliphatic heterocycles. The van der Waals surface area contributed by atoms with E-state index in [0.717, 1.165) is 24.2 Å². The molecule has 100 valence electrons. The zero-order valence-electron chi connectivity index (χ0n) is 11.7. The highest BCUT2D eigenvalue weighted by atomic mass is 16.2. The van der Waals surface area contributed by atoms with E-state index < -0.39 is 0 Å². The van der Waals surface area contributed by atoms with E-state index in [1.807, 2.05) is 44.0 Å². The molecule has 0 heterocycles. The van der Waals surface area contributed by atoms with Gasteiger partial charge in [-0.25, -0.2) is 0 Å². The maximum absolute atomic E-state index is 12.1. The molecule has 4 nitrogen and oxygen atoms in total. The van der Waals surface area contributed by atoms with Gasteiger partial charge in [-0.1, -0.05) is 13.0 Å². The summed E-state index contributed by atoms with van der Waals surface area (Å²) in [5.41, 5.74) is 8.22. The quantitative estimate of drug-likeness (QED) is 0.787. The number of nitrogens with one attached hydrogen (secondary N) is 1. The first-order chi connectivity index (χ1) is 8.47. The third-order valence-corrected chi connectivity index (χ3v) is 3.25.